The van der Waals surface area contributed by atoms with Crippen LogP contribution in [0.3, 0.4) is 0 Å². The van der Waals surface area contributed by atoms with E-state index in [0.717, 1.165) is 47.9 Å². The van der Waals surface area contributed by atoms with Gasteiger partial charge in [-0.2, -0.15) is 0 Å². The molecular formula is C33H40N2O2. The van der Waals surface area contributed by atoms with Crippen molar-refractivity contribution in [1.82, 2.24) is 10.2 Å². The molecule has 1 aliphatic rings. The van der Waals surface area contributed by atoms with Gasteiger partial charge in [0.25, 0.3) is 0 Å². The van der Waals surface area contributed by atoms with Crippen molar-refractivity contribution in [2.45, 2.75) is 83.3 Å². The molecule has 0 bridgehead atoms. The molecule has 4 rings (SSSR count). The molecule has 37 heavy (non-hydrogen) atoms. The number of carbonyl (C=O) groups excluding carboxylic acids is 2. The number of nitrogens with zero attached hydrogens (tertiary/aromatic N) is 1. The number of rotatable bonds is 10. The molecule has 1 aliphatic carbocycles. The molecule has 4 nitrogen and oxygen atoms in total. The average Bonchev–Trinajstić information content (AvgIpc) is 2.93. The molecule has 0 aromatic heterocycles. The minimum Gasteiger partial charge on any atom is -0.352 e. The van der Waals surface area contributed by atoms with Gasteiger partial charge in [-0.1, -0.05) is 117 Å². The van der Waals surface area contributed by atoms with Gasteiger partial charge in [0, 0.05) is 24.9 Å². The van der Waals surface area contributed by atoms with E-state index >= 15 is 0 Å². The first-order valence-corrected chi connectivity index (χ1v) is 13.8. The first kappa shape index (κ1) is 26.7. The molecule has 1 atom stereocenters. The Morgan fingerprint density at radius 3 is 2.05 bits per heavy atom. The molecule has 3 aromatic carbocycles. The fraction of sp³-hybridized carbons (Fsp3) is 0.394. The fourth-order valence-electron chi connectivity index (χ4n) is 5.56. The Hall–Kier alpha value is -3.40. The molecule has 1 N–H and O–H groups in total. The number of carbonyl (C=O) groups is 2. The van der Waals surface area contributed by atoms with Crippen LogP contribution < -0.4 is 5.32 Å². The summed E-state index contributed by atoms with van der Waals surface area (Å²) in [5, 5.41) is 3.29. The first-order valence-electron chi connectivity index (χ1n) is 13.8. The summed E-state index contributed by atoms with van der Waals surface area (Å²) in [6, 6.07) is 28.4. The highest BCUT2D eigenvalue weighted by Crippen LogP contribution is 2.30. The van der Waals surface area contributed by atoms with Gasteiger partial charge in [0.1, 0.15) is 6.04 Å². The SMILES string of the molecule is CC[C@@H](C(=O)NC1CCCCC1)N(Cc1cccc(C)c1)C(=O)CC(c1ccccc1)c1ccccc1. The molecule has 1 fully saturated rings. The van der Waals surface area contributed by atoms with Crippen LogP contribution in [-0.4, -0.2) is 28.8 Å². The number of amides is 2. The van der Waals surface area contributed by atoms with Gasteiger partial charge < -0.3 is 10.2 Å². The van der Waals surface area contributed by atoms with E-state index in [1.165, 1.54) is 6.42 Å². The Balaban J connectivity index is 1.62. The van der Waals surface area contributed by atoms with E-state index in [1.807, 2.05) is 60.4 Å². The van der Waals surface area contributed by atoms with Crippen molar-refractivity contribution in [3.05, 3.63) is 107 Å². The van der Waals surface area contributed by atoms with Crippen molar-refractivity contribution < 1.29 is 9.59 Å². The lowest BCUT2D eigenvalue weighted by Crippen LogP contribution is -2.51. The topological polar surface area (TPSA) is 49.4 Å². The monoisotopic (exact) mass is 496 g/mol. The smallest absolute Gasteiger partial charge is 0.243 e. The third kappa shape index (κ3) is 7.31. The predicted octanol–water partition coefficient (Wildman–Crippen LogP) is 6.77. The van der Waals surface area contributed by atoms with E-state index in [1.54, 1.807) is 0 Å². The van der Waals surface area contributed by atoms with Gasteiger partial charge in [0.2, 0.25) is 11.8 Å². The summed E-state index contributed by atoms with van der Waals surface area (Å²) in [5.41, 5.74) is 4.42. The van der Waals surface area contributed by atoms with Gasteiger partial charge >= 0.3 is 0 Å². The average molecular weight is 497 g/mol. The van der Waals surface area contributed by atoms with Crippen molar-refractivity contribution in [3.8, 4) is 0 Å². The number of hydrogen-bond donors (Lipinski definition) is 1. The highest BCUT2D eigenvalue weighted by molar-refractivity contribution is 5.88. The molecule has 0 radical (unpaired) electrons. The largest absolute Gasteiger partial charge is 0.352 e. The van der Waals surface area contributed by atoms with Crippen LogP contribution in [-0.2, 0) is 16.1 Å². The molecule has 0 heterocycles. The molecule has 194 valence electrons. The van der Waals surface area contributed by atoms with Crippen LogP contribution in [0.2, 0.25) is 0 Å². The van der Waals surface area contributed by atoms with Crippen LogP contribution in [0.25, 0.3) is 0 Å². The normalized spacial score (nSPS) is 14.8. The summed E-state index contributed by atoms with van der Waals surface area (Å²) in [5.74, 6) is -0.0925. The van der Waals surface area contributed by atoms with E-state index in [0.29, 0.717) is 19.4 Å². The Bertz CT molecular complexity index is 1100. The zero-order chi connectivity index (χ0) is 26.0. The maximum absolute atomic E-state index is 14.1. The maximum Gasteiger partial charge on any atom is 0.243 e. The Morgan fingerprint density at radius 2 is 1.49 bits per heavy atom. The third-order valence-electron chi connectivity index (χ3n) is 7.56. The molecular weight excluding hydrogens is 456 g/mol. The van der Waals surface area contributed by atoms with Crippen molar-refractivity contribution in [2.24, 2.45) is 0 Å². The summed E-state index contributed by atoms with van der Waals surface area (Å²) >= 11 is 0. The molecule has 0 aliphatic heterocycles. The van der Waals surface area contributed by atoms with Crippen LogP contribution in [0.1, 0.15) is 80.0 Å². The zero-order valence-electron chi connectivity index (χ0n) is 22.2. The van der Waals surface area contributed by atoms with Gasteiger partial charge in [0.15, 0.2) is 0 Å². The zero-order valence-corrected chi connectivity index (χ0v) is 22.2. The number of hydrogen-bond acceptors (Lipinski definition) is 2. The molecule has 0 saturated heterocycles. The van der Waals surface area contributed by atoms with Crippen LogP contribution in [0.5, 0.6) is 0 Å². The molecule has 4 heteroatoms. The second-order valence-electron chi connectivity index (χ2n) is 10.4. The van der Waals surface area contributed by atoms with E-state index < -0.39 is 6.04 Å². The lowest BCUT2D eigenvalue weighted by Gasteiger charge is -2.34. The Kier molecular flexibility index (Phi) is 9.53. The predicted molar refractivity (Wildman–Crippen MR) is 150 cm³/mol. The second kappa shape index (κ2) is 13.2. The van der Waals surface area contributed by atoms with Gasteiger partial charge in [0.05, 0.1) is 0 Å². The van der Waals surface area contributed by atoms with Crippen LogP contribution in [0, 0.1) is 6.92 Å². The van der Waals surface area contributed by atoms with Gasteiger partial charge in [-0.05, 0) is 42.9 Å². The molecule has 0 spiro atoms. The second-order valence-corrected chi connectivity index (χ2v) is 10.4. The summed E-state index contributed by atoms with van der Waals surface area (Å²) in [6.45, 7) is 4.49. The van der Waals surface area contributed by atoms with E-state index in [4.69, 9.17) is 0 Å². The van der Waals surface area contributed by atoms with Crippen molar-refractivity contribution in [1.29, 1.82) is 0 Å². The maximum atomic E-state index is 14.1. The van der Waals surface area contributed by atoms with Gasteiger partial charge in [-0.15, -0.1) is 0 Å². The standard InChI is InChI=1S/C33H40N2O2/c1-3-31(33(37)34-29-20-11-6-12-21-29)35(24-26-15-13-14-25(2)22-26)32(36)23-30(27-16-7-4-8-17-27)28-18-9-5-10-19-28/h4-5,7-10,13-19,22,29-31H,3,6,11-12,20-21,23-24H2,1-2H3,(H,34,37)/t31-/m0/s1. The lowest BCUT2D eigenvalue weighted by molar-refractivity contribution is -0.142. The molecule has 3 aromatic rings. The lowest BCUT2D eigenvalue weighted by atomic mass is 9.88. The number of nitrogens with one attached hydrogen (secondary N) is 1. The van der Waals surface area contributed by atoms with Crippen molar-refractivity contribution in [2.75, 3.05) is 0 Å². The van der Waals surface area contributed by atoms with Crippen LogP contribution in [0.15, 0.2) is 84.9 Å². The third-order valence-corrected chi connectivity index (χ3v) is 7.56. The first-order chi connectivity index (χ1) is 18.0. The van der Waals surface area contributed by atoms with Gasteiger partial charge in [-0.25, -0.2) is 0 Å². The minimum absolute atomic E-state index is 0.00450. The van der Waals surface area contributed by atoms with Gasteiger partial charge in [-0.3, -0.25) is 9.59 Å². The fourth-order valence-corrected chi connectivity index (χ4v) is 5.56. The quantitative estimate of drug-likeness (QED) is 0.337. The summed E-state index contributed by atoms with van der Waals surface area (Å²) in [4.78, 5) is 29.5. The molecule has 1 saturated carbocycles. The minimum atomic E-state index is -0.498. The number of benzene rings is 3. The van der Waals surface area contributed by atoms with E-state index in [9.17, 15) is 9.59 Å². The molecule has 0 unspecified atom stereocenters. The van der Waals surface area contributed by atoms with Crippen molar-refractivity contribution in [3.63, 3.8) is 0 Å². The Labute approximate surface area is 222 Å². The van der Waals surface area contributed by atoms with E-state index in [2.05, 4.69) is 48.6 Å². The Morgan fingerprint density at radius 1 is 0.865 bits per heavy atom. The van der Waals surface area contributed by atoms with Crippen molar-refractivity contribution >= 4 is 11.8 Å². The highest BCUT2D eigenvalue weighted by atomic mass is 16.2. The molecule has 2 amide bonds. The van der Waals surface area contributed by atoms with E-state index in [-0.39, 0.29) is 23.8 Å². The summed E-state index contributed by atoms with van der Waals surface area (Å²) in [6.07, 6.45) is 6.50. The highest BCUT2D eigenvalue weighted by Gasteiger charge is 2.32. The van der Waals surface area contributed by atoms with Crippen LogP contribution >= 0.6 is 0 Å². The number of aryl methyl sites for hydroxylation is 1. The van der Waals surface area contributed by atoms with Crippen LogP contribution in [0.4, 0.5) is 0 Å². The summed E-state index contributed by atoms with van der Waals surface area (Å²) < 4.78 is 0. The summed E-state index contributed by atoms with van der Waals surface area (Å²) in [7, 11) is 0.